The van der Waals surface area contributed by atoms with Gasteiger partial charge in [0, 0.05) is 24.5 Å². The predicted molar refractivity (Wildman–Crippen MR) is 82.6 cm³/mol. The molecule has 0 radical (unpaired) electrons. The van der Waals surface area contributed by atoms with E-state index in [0.717, 1.165) is 16.8 Å². The van der Waals surface area contributed by atoms with E-state index in [2.05, 4.69) is 9.97 Å². The van der Waals surface area contributed by atoms with Crippen molar-refractivity contribution in [2.24, 2.45) is 0 Å². The molecule has 0 fully saturated rings. The first-order valence-corrected chi connectivity index (χ1v) is 6.78. The van der Waals surface area contributed by atoms with Crippen LogP contribution in [0.2, 0.25) is 5.28 Å². The highest BCUT2D eigenvalue weighted by atomic mass is 35.5. The molecule has 3 rings (SSSR count). The molecule has 108 valence electrons. The van der Waals surface area contributed by atoms with Crippen molar-refractivity contribution in [3.8, 4) is 0 Å². The van der Waals surface area contributed by atoms with Crippen LogP contribution in [0.3, 0.4) is 0 Å². The average Bonchev–Trinajstić information content (AvgIpc) is 2.46. The molecule has 1 aromatic carbocycles. The summed E-state index contributed by atoms with van der Waals surface area (Å²) in [4.78, 5) is 23.8. The second kappa shape index (κ2) is 4.89. The number of nitrogen functional groups attached to an aromatic ring is 1. The summed E-state index contributed by atoms with van der Waals surface area (Å²) >= 11 is 5.80. The number of urea groups is 1. The van der Waals surface area contributed by atoms with Crippen molar-refractivity contribution in [1.29, 1.82) is 0 Å². The minimum atomic E-state index is -0.175. The van der Waals surface area contributed by atoms with E-state index in [1.54, 1.807) is 24.2 Å². The first-order valence-electron chi connectivity index (χ1n) is 6.40. The van der Waals surface area contributed by atoms with Gasteiger partial charge in [-0.25, -0.2) is 9.78 Å². The summed E-state index contributed by atoms with van der Waals surface area (Å²) in [5, 5.41) is 0.127. The summed E-state index contributed by atoms with van der Waals surface area (Å²) in [7, 11) is 1.66. The fraction of sp³-hybridized carbons (Fsp3) is 0.214. The lowest BCUT2D eigenvalue weighted by molar-refractivity contribution is 0.251. The van der Waals surface area contributed by atoms with Crippen LogP contribution in [-0.4, -0.2) is 23.0 Å². The normalized spacial score (nSPS) is 14.3. The average molecular weight is 304 g/mol. The lowest BCUT2D eigenvalue weighted by atomic mass is 10.1. The Hall–Kier alpha value is -2.34. The van der Waals surface area contributed by atoms with Gasteiger partial charge in [0.25, 0.3) is 0 Å². The molecule has 2 aromatic rings. The lowest BCUT2D eigenvalue weighted by Gasteiger charge is -2.34. The lowest BCUT2D eigenvalue weighted by Crippen LogP contribution is -2.46. The van der Waals surface area contributed by atoms with Crippen molar-refractivity contribution in [3.63, 3.8) is 0 Å². The summed E-state index contributed by atoms with van der Waals surface area (Å²) in [6.45, 7) is 2.33. The zero-order valence-corrected chi connectivity index (χ0v) is 12.4. The molecule has 0 saturated heterocycles. The van der Waals surface area contributed by atoms with Crippen LogP contribution < -0.4 is 15.5 Å². The Bertz CT molecular complexity index is 733. The van der Waals surface area contributed by atoms with E-state index in [0.29, 0.717) is 18.1 Å². The van der Waals surface area contributed by atoms with Crippen molar-refractivity contribution in [2.75, 3.05) is 22.6 Å². The standard InChI is InChI=1S/C14H14ClN5O/c1-8-3-4-10(16)5-11(8)20-7-9-6-17-13(15)18-12(9)19(2)14(20)21/h3-6H,7,16H2,1-2H3. The predicted octanol–water partition coefficient (Wildman–Crippen LogP) is 2.60. The number of aryl methyl sites for hydroxylation is 1. The van der Waals surface area contributed by atoms with Crippen LogP contribution in [0.1, 0.15) is 11.1 Å². The SMILES string of the molecule is Cc1ccc(N)cc1N1Cc2cnc(Cl)nc2N(C)C1=O. The number of anilines is 3. The van der Waals surface area contributed by atoms with E-state index in [-0.39, 0.29) is 11.3 Å². The fourth-order valence-electron chi connectivity index (χ4n) is 2.39. The maximum atomic E-state index is 12.6. The van der Waals surface area contributed by atoms with Crippen molar-refractivity contribution in [3.05, 3.63) is 40.8 Å². The quantitative estimate of drug-likeness (QED) is 0.649. The highest BCUT2D eigenvalue weighted by molar-refractivity contribution is 6.28. The number of aromatic nitrogens is 2. The third-order valence-electron chi connectivity index (χ3n) is 3.50. The van der Waals surface area contributed by atoms with E-state index in [1.807, 2.05) is 19.1 Å². The first-order chi connectivity index (χ1) is 9.97. The van der Waals surface area contributed by atoms with Gasteiger partial charge in [-0.1, -0.05) is 6.07 Å². The minimum absolute atomic E-state index is 0.127. The molecule has 2 N–H and O–H groups in total. The summed E-state index contributed by atoms with van der Waals surface area (Å²) in [6.07, 6.45) is 1.64. The number of carbonyl (C=O) groups excluding carboxylic acids is 1. The molecule has 0 bridgehead atoms. The molecule has 0 aliphatic carbocycles. The molecular formula is C14H14ClN5O. The first kappa shape index (κ1) is 13.6. The molecule has 0 unspecified atom stereocenters. The number of hydrogen-bond acceptors (Lipinski definition) is 4. The molecule has 1 aliphatic rings. The van der Waals surface area contributed by atoms with Gasteiger partial charge < -0.3 is 5.73 Å². The van der Waals surface area contributed by atoms with Crippen molar-refractivity contribution < 1.29 is 4.79 Å². The molecule has 0 saturated carbocycles. The summed E-state index contributed by atoms with van der Waals surface area (Å²) in [6, 6.07) is 5.33. The van der Waals surface area contributed by atoms with Gasteiger partial charge >= 0.3 is 6.03 Å². The molecule has 7 heteroatoms. The van der Waals surface area contributed by atoms with Gasteiger partial charge in [-0.3, -0.25) is 9.80 Å². The smallest absolute Gasteiger partial charge is 0.330 e. The number of carbonyl (C=O) groups is 1. The number of nitrogens with zero attached hydrogens (tertiary/aromatic N) is 4. The van der Waals surface area contributed by atoms with Crippen LogP contribution in [-0.2, 0) is 6.54 Å². The molecule has 0 spiro atoms. The maximum absolute atomic E-state index is 12.6. The zero-order chi connectivity index (χ0) is 15.1. The largest absolute Gasteiger partial charge is 0.399 e. The molecule has 0 atom stereocenters. The third kappa shape index (κ3) is 2.27. The number of nitrogens with two attached hydrogens (primary N) is 1. The van der Waals surface area contributed by atoms with E-state index in [1.165, 1.54) is 4.90 Å². The van der Waals surface area contributed by atoms with E-state index in [4.69, 9.17) is 17.3 Å². The summed E-state index contributed by atoms with van der Waals surface area (Å²) < 4.78 is 0. The Labute approximate surface area is 127 Å². The van der Waals surface area contributed by atoms with Crippen LogP contribution in [0.15, 0.2) is 24.4 Å². The zero-order valence-electron chi connectivity index (χ0n) is 11.7. The molecule has 2 amide bonds. The molecule has 21 heavy (non-hydrogen) atoms. The molecule has 2 heterocycles. The van der Waals surface area contributed by atoms with Crippen LogP contribution in [0, 0.1) is 6.92 Å². The van der Waals surface area contributed by atoms with Crippen LogP contribution in [0.25, 0.3) is 0 Å². The van der Waals surface area contributed by atoms with Gasteiger partial charge in [0.05, 0.1) is 12.2 Å². The second-order valence-electron chi connectivity index (χ2n) is 4.96. The number of hydrogen-bond donors (Lipinski definition) is 1. The maximum Gasteiger partial charge on any atom is 0.330 e. The Morgan fingerprint density at radius 1 is 1.38 bits per heavy atom. The fourth-order valence-corrected chi connectivity index (χ4v) is 2.52. The van der Waals surface area contributed by atoms with Crippen LogP contribution in [0.4, 0.5) is 22.0 Å². The molecule has 1 aliphatic heterocycles. The Kier molecular flexibility index (Phi) is 3.17. The Morgan fingerprint density at radius 3 is 2.90 bits per heavy atom. The van der Waals surface area contributed by atoms with E-state index < -0.39 is 0 Å². The van der Waals surface area contributed by atoms with Crippen molar-refractivity contribution in [2.45, 2.75) is 13.5 Å². The second-order valence-corrected chi connectivity index (χ2v) is 5.30. The summed E-state index contributed by atoms with van der Waals surface area (Å²) in [5.74, 6) is 0.540. The van der Waals surface area contributed by atoms with E-state index >= 15 is 0 Å². The van der Waals surface area contributed by atoms with Gasteiger partial charge in [0.1, 0.15) is 5.82 Å². The number of amides is 2. The number of benzene rings is 1. The number of fused-ring (bicyclic) bond motifs is 1. The molecule has 6 nitrogen and oxygen atoms in total. The monoisotopic (exact) mass is 303 g/mol. The van der Waals surface area contributed by atoms with E-state index in [9.17, 15) is 4.79 Å². The topological polar surface area (TPSA) is 75.3 Å². The van der Waals surface area contributed by atoms with Crippen LogP contribution in [0.5, 0.6) is 0 Å². The molecule has 1 aromatic heterocycles. The van der Waals surface area contributed by atoms with Crippen molar-refractivity contribution in [1.82, 2.24) is 9.97 Å². The number of halogens is 1. The number of rotatable bonds is 1. The van der Waals surface area contributed by atoms with Gasteiger partial charge in [0.2, 0.25) is 5.28 Å². The van der Waals surface area contributed by atoms with Gasteiger partial charge in [-0.2, -0.15) is 4.98 Å². The Morgan fingerprint density at radius 2 is 2.14 bits per heavy atom. The van der Waals surface area contributed by atoms with Crippen molar-refractivity contribution >= 4 is 34.8 Å². The minimum Gasteiger partial charge on any atom is -0.399 e. The van der Waals surface area contributed by atoms with Gasteiger partial charge in [-0.15, -0.1) is 0 Å². The third-order valence-corrected chi connectivity index (χ3v) is 3.68. The Balaban J connectivity index is 2.08. The van der Waals surface area contributed by atoms with Gasteiger partial charge in [-0.05, 0) is 36.2 Å². The highest BCUT2D eigenvalue weighted by Gasteiger charge is 2.31. The van der Waals surface area contributed by atoms with Crippen LogP contribution >= 0.6 is 11.6 Å². The van der Waals surface area contributed by atoms with Gasteiger partial charge in [0.15, 0.2) is 0 Å². The molecular weight excluding hydrogens is 290 g/mol. The highest BCUT2D eigenvalue weighted by Crippen LogP contribution is 2.32. The summed E-state index contributed by atoms with van der Waals surface area (Å²) in [5.41, 5.74) is 9.05.